The first-order chi connectivity index (χ1) is 9.15. The van der Waals surface area contributed by atoms with Crippen LogP contribution in [0.3, 0.4) is 0 Å². The first kappa shape index (κ1) is 12.5. The molecular formula is C13H10BrN3OS. The molecule has 0 saturated carbocycles. The van der Waals surface area contributed by atoms with Crippen molar-refractivity contribution in [2.45, 2.75) is 4.90 Å². The number of nitrogens with two attached hydrogens (primary N) is 1. The summed E-state index contributed by atoms with van der Waals surface area (Å²) in [6.07, 6.45) is 1.68. The largest absolute Gasteiger partial charge is 0.399 e. The Labute approximate surface area is 123 Å². The van der Waals surface area contributed by atoms with Gasteiger partial charge in [0.05, 0.1) is 11.4 Å². The first-order valence-corrected chi connectivity index (χ1v) is 7.40. The number of amides is 1. The quantitative estimate of drug-likeness (QED) is 0.813. The van der Waals surface area contributed by atoms with Crippen molar-refractivity contribution in [1.82, 2.24) is 4.98 Å². The summed E-state index contributed by atoms with van der Waals surface area (Å²) in [5.74, 6) is 1.03. The molecule has 2 aromatic rings. The lowest BCUT2D eigenvalue weighted by Crippen LogP contribution is -2.31. The number of anilines is 3. The molecule has 1 aliphatic heterocycles. The summed E-state index contributed by atoms with van der Waals surface area (Å²) in [7, 11) is 0. The van der Waals surface area contributed by atoms with Gasteiger partial charge in [-0.1, -0.05) is 0 Å². The number of benzene rings is 1. The molecule has 6 heteroatoms. The molecule has 0 saturated heterocycles. The fourth-order valence-corrected chi connectivity index (χ4v) is 3.03. The van der Waals surface area contributed by atoms with Gasteiger partial charge in [0.15, 0.2) is 0 Å². The summed E-state index contributed by atoms with van der Waals surface area (Å²) in [6.45, 7) is 0. The number of aromatic nitrogens is 1. The molecule has 1 amide bonds. The number of halogens is 1. The van der Waals surface area contributed by atoms with Crippen molar-refractivity contribution in [3.05, 3.63) is 41.0 Å². The lowest BCUT2D eigenvalue weighted by Gasteiger charge is -2.28. The number of hydrogen-bond donors (Lipinski definition) is 1. The van der Waals surface area contributed by atoms with Gasteiger partial charge in [-0.05, 0) is 46.3 Å². The van der Waals surface area contributed by atoms with E-state index in [1.807, 2.05) is 30.3 Å². The van der Waals surface area contributed by atoms with E-state index in [4.69, 9.17) is 5.73 Å². The molecule has 0 fully saturated rings. The van der Waals surface area contributed by atoms with Crippen molar-refractivity contribution < 1.29 is 4.79 Å². The highest BCUT2D eigenvalue weighted by atomic mass is 79.9. The molecule has 0 bridgehead atoms. The van der Waals surface area contributed by atoms with Gasteiger partial charge < -0.3 is 5.73 Å². The molecule has 96 valence electrons. The molecule has 1 aromatic heterocycles. The van der Waals surface area contributed by atoms with Gasteiger partial charge in [-0.15, -0.1) is 11.8 Å². The number of nitrogens with zero attached hydrogens (tertiary/aromatic N) is 2. The SMILES string of the molecule is Nc1ccc2c(c1)N(c1ccc(Br)cn1)C(=O)CS2. The maximum Gasteiger partial charge on any atom is 0.243 e. The van der Waals surface area contributed by atoms with E-state index >= 15 is 0 Å². The van der Waals surface area contributed by atoms with Crippen molar-refractivity contribution in [2.75, 3.05) is 16.4 Å². The van der Waals surface area contributed by atoms with Crippen LogP contribution >= 0.6 is 27.7 Å². The predicted molar refractivity (Wildman–Crippen MR) is 80.7 cm³/mol. The van der Waals surface area contributed by atoms with Crippen LogP contribution in [-0.2, 0) is 4.79 Å². The molecule has 0 unspecified atom stereocenters. The molecule has 4 nitrogen and oxygen atoms in total. The highest BCUT2D eigenvalue weighted by molar-refractivity contribution is 9.10. The third-order valence-electron chi connectivity index (χ3n) is 2.77. The molecular weight excluding hydrogens is 326 g/mol. The second-order valence-corrected chi connectivity index (χ2v) is 6.01. The van der Waals surface area contributed by atoms with E-state index in [0.29, 0.717) is 17.3 Å². The zero-order valence-corrected chi connectivity index (χ0v) is 12.2. The van der Waals surface area contributed by atoms with Crippen LogP contribution in [0.1, 0.15) is 0 Å². The van der Waals surface area contributed by atoms with Gasteiger partial charge in [-0.2, -0.15) is 0 Å². The van der Waals surface area contributed by atoms with Crippen molar-refractivity contribution in [1.29, 1.82) is 0 Å². The molecule has 2 heterocycles. The van der Waals surface area contributed by atoms with Crippen LogP contribution in [0.25, 0.3) is 0 Å². The average molecular weight is 336 g/mol. The van der Waals surface area contributed by atoms with Gasteiger partial charge in [-0.3, -0.25) is 9.69 Å². The second-order valence-electron chi connectivity index (χ2n) is 4.08. The Balaban J connectivity index is 2.12. The van der Waals surface area contributed by atoms with E-state index in [2.05, 4.69) is 20.9 Å². The molecule has 1 aliphatic rings. The van der Waals surface area contributed by atoms with Crippen LogP contribution in [-0.4, -0.2) is 16.6 Å². The van der Waals surface area contributed by atoms with E-state index in [1.54, 1.807) is 11.1 Å². The summed E-state index contributed by atoms with van der Waals surface area (Å²) >= 11 is 4.86. The lowest BCUT2D eigenvalue weighted by molar-refractivity contribution is -0.115. The van der Waals surface area contributed by atoms with Crippen LogP contribution in [0, 0.1) is 0 Å². The van der Waals surface area contributed by atoms with Gasteiger partial charge in [0, 0.05) is 21.3 Å². The van der Waals surface area contributed by atoms with Gasteiger partial charge >= 0.3 is 0 Å². The van der Waals surface area contributed by atoms with Crippen molar-refractivity contribution in [3.63, 3.8) is 0 Å². The summed E-state index contributed by atoms with van der Waals surface area (Å²) in [6, 6.07) is 9.26. The number of nitrogen functional groups attached to an aromatic ring is 1. The Morgan fingerprint density at radius 1 is 1.32 bits per heavy atom. The zero-order valence-electron chi connectivity index (χ0n) is 9.84. The van der Waals surface area contributed by atoms with E-state index in [9.17, 15) is 4.79 Å². The van der Waals surface area contributed by atoms with Crippen molar-refractivity contribution in [2.24, 2.45) is 0 Å². The topological polar surface area (TPSA) is 59.2 Å². The normalized spacial score (nSPS) is 14.4. The fourth-order valence-electron chi connectivity index (χ4n) is 1.92. The maximum absolute atomic E-state index is 12.2. The number of carbonyl (C=O) groups is 1. The number of carbonyl (C=O) groups excluding carboxylic acids is 1. The standard InChI is InChI=1S/C13H10BrN3OS/c14-8-1-4-12(16-6-8)17-10-5-9(15)2-3-11(10)19-7-13(17)18/h1-6H,7,15H2. The Morgan fingerprint density at radius 3 is 2.89 bits per heavy atom. The molecule has 2 N–H and O–H groups in total. The lowest BCUT2D eigenvalue weighted by atomic mass is 10.2. The van der Waals surface area contributed by atoms with E-state index in [0.717, 1.165) is 15.1 Å². The third-order valence-corrected chi connectivity index (χ3v) is 4.28. The predicted octanol–water partition coefficient (Wildman–Crippen LogP) is 3.20. The second kappa shape index (κ2) is 4.86. The smallest absolute Gasteiger partial charge is 0.243 e. The summed E-state index contributed by atoms with van der Waals surface area (Å²) in [5, 5.41) is 0. The highest BCUT2D eigenvalue weighted by Gasteiger charge is 2.27. The highest BCUT2D eigenvalue weighted by Crippen LogP contribution is 2.39. The average Bonchev–Trinajstić information content (AvgIpc) is 2.40. The summed E-state index contributed by atoms with van der Waals surface area (Å²) < 4.78 is 0.878. The van der Waals surface area contributed by atoms with E-state index in [-0.39, 0.29) is 5.91 Å². The molecule has 0 atom stereocenters. The Kier molecular flexibility index (Phi) is 3.20. The molecule has 3 rings (SSSR count). The summed E-state index contributed by atoms with van der Waals surface area (Å²) in [4.78, 5) is 19.1. The Bertz CT molecular complexity index is 645. The fraction of sp³-hybridized carbons (Fsp3) is 0.0769. The number of hydrogen-bond acceptors (Lipinski definition) is 4. The van der Waals surface area contributed by atoms with Crippen LogP contribution in [0.2, 0.25) is 0 Å². The van der Waals surface area contributed by atoms with Gasteiger partial charge in [0.1, 0.15) is 5.82 Å². The van der Waals surface area contributed by atoms with Gasteiger partial charge in [0.25, 0.3) is 0 Å². The number of fused-ring (bicyclic) bond motifs is 1. The minimum Gasteiger partial charge on any atom is -0.399 e. The van der Waals surface area contributed by atoms with Crippen LogP contribution < -0.4 is 10.6 Å². The minimum atomic E-state index is 0.0120. The number of thioether (sulfide) groups is 1. The van der Waals surface area contributed by atoms with Crippen LogP contribution in [0.4, 0.5) is 17.2 Å². The molecule has 0 aliphatic carbocycles. The summed E-state index contributed by atoms with van der Waals surface area (Å²) in [5.41, 5.74) is 7.25. The van der Waals surface area contributed by atoms with Crippen molar-refractivity contribution in [3.8, 4) is 0 Å². The van der Waals surface area contributed by atoms with E-state index < -0.39 is 0 Å². The van der Waals surface area contributed by atoms with Gasteiger partial charge in [0.2, 0.25) is 5.91 Å². The first-order valence-electron chi connectivity index (χ1n) is 5.62. The van der Waals surface area contributed by atoms with Gasteiger partial charge in [-0.25, -0.2) is 4.98 Å². The number of rotatable bonds is 1. The van der Waals surface area contributed by atoms with Crippen LogP contribution in [0.15, 0.2) is 45.9 Å². The molecule has 0 spiro atoms. The molecule has 19 heavy (non-hydrogen) atoms. The monoisotopic (exact) mass is 335 g/mol. The zero-order chi connectivity index (χ0) is 13.4. The molecule has 1 aromatic carbocycles. The number of pyridine rings is 1. The Hall–Kier alpha value is -1.53. The minimum absolute atomic E-state index is 0.0120. The molecule has 0 radical (unpaired) electrons. The van der Waals surface area contributed by atoms with E-state index in [1.165, 1.54) is 11.8 Å². The van der Waals surface area contributed by atoms with Crippen LogP contribution in [0.5, 0.6) is 0 Å². The van der Waals surface area contributed by atoms with Crippen molar-refractivity contribution >= 4 is 50.8 Å². The Morgan fingerprint density at radius 2 is 2.16 bits per heavy atom. The third kappa shape index (κ3) is 2.33. The maximum atomic E-state index is 12.2.